The van der Waals surface area contributed by atoms with E-state index in [2.05, 4.69) is 0 Å². The van der Waals surface area contributed by atoms with Crippen molar-refractivity contribution in [2.24, 2.45) is 11.8 Å². The molecule has 1 aliphatic carbocycles. The van der Waals surface area contributed by atoms with Crippen LogP contribution in [0.2, 0.25) is 5.02 Å². The third-order valence-corrected chi connectivity index (χ3v) is 4.93. The van der Waals surface area contributed by atoms with Crippen LogP contribution in [0, 0.1) is 17.7 Å². The Morgan fingerprint density at radius 2 is 1.84 bits per heavy atom. The fourth-order valence-corrected chi connectivity index (χ4v) is 3.41. The van der Waals surface area contributed by atoms with E-state index < -0.39 is 11.8 Å². The van der Waals surface area contributed by atoms with E-state index in [-0.39, 0.29) is 53.8 Å². The number of hydrogen-bond donors (Lipinski definition) is 0. The quantitative estimate of drug-likeness (QED) is 0.457. The van der Waals surface area contributed by atoms with Crippen LogP contribution in [0.1, 0.15) is 24.8 Å². The van der Waals surface area contributed by atoms with Crippen molar-refractivity contribution in [1.29, 1.82) is 0 Å². The number of carbonyl (C=O) groups is 3. The summed E-state index contributed by atoms with van der Waals surface area (Å²) in [7, 11) is 0. The number of likely N-dealkylation sites (tertiary alicyclic amines) is 1. The highest BCUT2D eigenvalue weighted by Crippen LogP contribution is 2.35. The standard InChI is InChI=1S/C18H17ClFNO4/c19-14-6-3-7-15(20)13(14)10-25-16(22)8-9-21-17(23)11-4-1-2-5-12(11)18(21)24/h1-3,6-7,11-12H,4-5,8-10H2/t11-,12-/m1/s1. The summed E-state index contributed by atoms with van der Waals surface area (Å²) in [6.45, 7) is -0.310. The second kappa shape index (κ2) is 7.35. The van der Waals surface area contributed by atoms with Gasteiger partial charge < -0.3 is 4.74 Å². The predicted molar refractivity (Wildman–Crippen MR) is 87.9 cm³/mol. The molecule has 0 saturated carbocycles. The lowest BCUT2D eigenvalue weighted by molar-refractivity contribution is -0.146. The Hall–Kier alpha value is -2.21. The zero-order valence-corrected chi connectivity index (χ0v) is 14.2. The van der Waals surface area contributed by atoms with Crippen LogP contribution in [-0.2, 0) is 25.7 Å². The Labute approximate surface area is 149 Å². The van der Waals surface area contributed by atoms with Gasteiger partial charge in [0, 0.05) is 12.1 Å². The number of allylic oxidation sites excluding steroid dienone is 2. The van der Waals surface area contributed by atoms with Gasteiger partial charge in [0.1, 0.15) is 12.4 Å². The van der Waals surface area contributed by atoms with Crippen molar-refractivity contribution >= 4 is 29.4 Å². The minimum absolute atomic E-state index is 0.0193. The number of benzene rings is 1. The Morgan fingerprint density at radius 1 is 1.20 bits per heavy atom. The molecule has 1 aliphatic heterocycles. The summed E-state index contributed by atoms with van der Waals surface area (Å²) in [6.07, 6.45) is 4.80. The first-order valence-corrected chi connectivity index (χ1v) is 8.45. The molecule has 0 aromatic heterocycles. The molecule has 0 unspecified atom stereocenters. The highest BCUT2D eigenvalue weighted by atomic mass is 35.5. The molecule has 0 spiro atoms. The summed E-state index contributed by atoms with van der Waals surface area (Å²) in [4.78, 5) is 37.6. The average Bonchev–Trinajstić information content (AvgIpc) is 2.84. The first-order valence-electron chi connectivity index (χ1n) is 8.07. The van der Waals surface area contributed by atoms with Gasteiger partial charge in [-0.15, -0.1) is 0 Å². The van der Waals surface area contributed by atoms with E-state index in [1.54, 1.807) is 0 Å². The molecule has 0 radical (unpaired) electrons. The van der Waals surface area contributed by atoms with Crippen molar-refractivity contribution in [3.63, 3.8) is 0 Å². The molecule has 0 bridgehead atoms. The lowest BCUT2D eigenvalue weighted by Crippen LogP contribution is -2.33. The molecule has 1 aromatic carbocycles. The number of hydrogen-bond acceptors (Lipinski definition) is 4. The summed E-state index contributed by atoms with van der Waals surface area (Å²) >= 11 is 5.87. The van der Waals surface area contributed by atoms with Gasteiger partial charge in [0.05, 0.1) is 23.3 Å². The van der Waals surface area contributed by atoms with Crippen LogP contribution in [0.3, 0.4) is 0 Å². The zero-order valence-electron chi connectivity index (χ0n) is 13.4. The number of rotatable bonds is 5. The van der Waals surface area contributed by atoms with Gasteiger partial charge in [0.15, 0.2) is 0 Å². The van der Waals surface area contributed by atoms with Gasteiger partial charge in [0.2, 0.25) is 11.8 Å². The average molecular weight is 366 g/mol. The molecule has 1 heterocycles. The van der Waals surface area contributed by atoms with Crippen LogP contribution < -0.4 is 0 Å². The van der Waals surface area contributed by atoms with Crippen molar-refractivity contribution < 1.29 is 23.5 Å². The van der Waals surface area contributed by atoms with E-state index in [0.717, 1.165) is 4.90 Å². The number of fused-ring (bicyclic) bond motifs is 1. The topological polar surface area (TPSA) is 63.7 Å². The highest BCUT2D eigenvalue weighted by molar-refractivity contribution is 6.31. The van der Waals surface area contributed by atoms with Gasteiger partial charge >= 0.3 is 5.97 Å². The molecular weight excluding hydrogens is 349 g/mol. The molecule has 25 heavy (non-hydrogen) atoms. The first-order chi connectivity index (χ1) is 12.0. The fourth-order valence-electron chi connectivity index (χ4n) is 3.19. The molecule has 2 atom stereocenters. The third kappa shape index (κ3) is 3.58. The molecule has 7 heteroatoms. The summed E-state index contributed by atoms with van der Waals surface area (Å²) in [6, 6.07) is 4.19. The van der Waals surface area contributed by atoms with Gasteiger partial charge in [-0.05, 0) is 25.0 Å². The number of ether oxygens (including phenoxy) is 1. The van der Waals surface area contributed by atoms with E-state index in [4.69, 9.17) is 16.3 Å². The zero-order chi connectivity index (χ0) is 18.0. The summed E-state index contributed by atoms with van der Waals surface area (Å²) in [5, 5.41) is 0.175. The Balaban J connectivity index is 1.53. The second-order valence-electron chi connectivity index (χ2n) is 6.09. The number of imide groups is 1. The summed E-state index contributed by atoms with van der Waals surface area (Å²) in [5.41, 5.74) is 0.0999. The number of halogens is 2. The minimum Gasteiger partial charge on any atom is -0.461 e. The maximum absolute atomic E-state index is 13.6. The van der Waals surface area contributed by atoms with Gasteiger partial charge in [-0.3, -0.25) is 19.3 Å². The monoisotopic (exact) mass is 365 g/mol. The Kier molecular flexibility index (Phi) is 5.18. The number of nitrogens with zero attached hydrogens (tertiary/aromatic N) is 1. The van der Waals surface area contributed by atoms with Crippen molar-refractivity contribution in [1.82, 2.24) is 4.90 Å². The van der Waals surface area contributed by atoms with E-state index >= 15 is 0 Å². The summed E-state index contributed by atoms with van der Waals surface area (Å²) < 4.78 is 18.6. The van der Waals surface area contributed by atoms with Crippen LogP contribution in [-0.4, -0.2) is 29.2 Å². The van der Waals surface area contributed by atoms with E-state index in [9.17, 15) is 18.8 Å². The molecular formula is C18H17ClFNO4. The van der Waals surface area contributed by atoms with Crippen LogP contribution in [0.5, 0.6) is 0 Å². The lowest BCUT2D eigenvalue weighted by atomic mass is 9.85. The molecule has 1 fully saturated rings. The molecule has 0 N–H and O–H groups in total. The molecule has 5 nitrogen and oxygen atoms in total. The molecule has 132 valence electrons. The lowest BCUT2D eigenvalue weighted by Gasteiger charge is -2.14. The normalized spacial score (nSPS) is 22.2. The van der Waals surface area contributed by atoms with Crippen molar-refractivity contribution in [2.45, 2.75) is 25.9 Å². The molecule has 2 aliphatic rings. The van der Waals surface area contributed by atoms with Crippen LogP contribution in [0.25, 0.3) is 0 Å². The van der Waals surface area contributed by atoms with Crippen molar-refractivity contribution in [2.75, 3.05) is 6.54 Å². The smallest absolute Gasteiger partial charge is 0.307 e. The maximum atomic E-state index is 13.6. The van der Waals surface area contributed by atoms with E-state index in [1.165, 1.54) is 18.2 Å². The van der Waals surface area contributed by atoms with Crippen LogP contribution >= 0.6 is 11.6 Å². The number of amides is 2. The van der Waals surface area contributed by atoms with Crippen LogP contribution in [0.4, 0.5) is 4.39 Å². The second-order valence-corrected chi connectivity index (χ2v) is 6.50. The van der Waals surface area contributed by atoms with Crippen molar-refractivity contribution in [3.8, 4) is 0 Å². The number of esters is 1. The van der Waals surface area contributed by atoms with Gasteiger partial charge in [-0.1, -0.05) is 29.8 Å². The first kappa shape index (κ1) is 17.6. The molecule has 3 rings (SSSR count). The van der Waals surface area contributed by atoms with Gasteiger partial charge in [-0.25, -0.2) is 4.39 Å². The number of carbonyl (C=O) groups excluding carboxylic acids is 3. The maximum Gasteiger partial charge on any atom is 0.307 e. The SMILES string of the molecule is O=C(CCN1C(=O)[C@@H]2CC=CC[C@H]2C1=O)OCc1c(F)cccc1Cl. The predicted octanol–water partition coefficient (Wildman–Crippen LogP) is 2.86. The highest BCUT2D eigenvalue weighted by Gasteiger charge is 2.46. The third-order valence-electron chi connectivity index (χ3n) is 4.58. The Bertz CT molecular complexity index is 702. The van der Waals surface area contributed by atoms with Gasteiger partial charge in [-0.2, -0.15) is 0 Å². The summed E-state index contributed by atoms with van der Waals surface area (Å²) in [5.74, 6) is -2.26. The van der Waals surface area contributed by atoms with Gasteiger partial charge in [0.25, 0.3) is 0 Å². The minimum atomic E-state index is -0.618. The Morgan fingerprint density at radius 3 is 2.44 bits per heavy atom. The fraction of sp³-hybridized carbons (Fsp3) is 0.389. The van der Waals surface area contributed by atoms with E-state index in [0.29, 0.717) is 12.8 Å². The van der Waals surface area contributed by atoms with Crippen LogP contribution in [0.15, 0.2) is 30.4 Å². The largest absolute Gasteiger partial charge is 0.461 e. The molecule has 2 amide bonds. The van der Waals surface area contributed by atoms with Crippen molar-refractivity contribution in [3.05, 3.63) is 46.8 Å². The molecule has 1 saturated heterocycles. The molecule has 1 aromatic rings. The van der Waals surface area contributed by atoms with E-state index in [1.807, 2.05) is 12.2 Å².